The molecule has 1 heterocycles. The standard InChI is InChI=1S/C10H14N2O2/c13-10-6-9(7-11-12-10)14-8-4-2-1-3-5-8/h6-8H,1-5H2,(H,12,13). The molecule has 1 aromatic rings. The summed E-state index contributed by atoms with van der Waals surface area (Å²) in [7, 11) is 0. The van der Waals surface area contributed by atoms with E-state index in [1.54, 1.807) is 6.20 Å². The smallest absolute Gasteiger partial charge is 0.267 e. The molecule has 0 spiro atoms. The maximum absolute atomic E-state index is 10.9. The Hall–Kier alpha value is -1.32. The van der Waals surface area contributed by atoms with E-state index in [1.165, 1.54) is 25.3 Å². The molecule has 4 nitrogen and oxygen atoms in total. The average molecular weight is 194 g/mol. The molecule has 0 aliphatic heterocycles. The second kappa shape index (κ2) is 4.26. The van der Waals surface area contributed by atoms with E-state index in [0.717, 1.165) is 12.8 Å². The van der Waals surface area contributed by atoms with E-state index in [1.807, 2.05) is 0 Å². The largest absolute Gasteiger partial charge is 0.489 e. The van der Waals surface area contributed by atoms with Gasteiger partial charge in [0.1, 0.15) is 5.75 Å². The third kappa shape index (κ3) is 2.34. The predicted molar refractivity (Wildman–Crippen MR) is 52.4 cm³/mol. The van der Waals surface area contributed by atoms with E-state index in [2.05, 4.69) is 10.2 Å². The Morgan fingerprint density at radius 1 is 1.36 bits per heavy atom. The van der Waals surface area contributed by atoms with Crippen LogP contribution in [0, 0.1) is 0 Å². The summed E-state index contributed by atoms with van der Waals surface area (Å²) >= 11 is 0. The van der Waals surface area contributed by atoms with Crippen molar-refractivity contribution in [2.45, 2.75) is 38.2 Å². The van der Waals surface area contributed by atoms with E-state index in [-0.39, 0.29) is 11.7 Å². The zero-order chi connectivity index (χ0) is 9.80. The molecule has 2 rings (SSSR count). The zero-order valence-electron chi connectivity index (χ0n) is 8.03. The minimum absolute atomic E-state index is 0.210. The molecule has 14 heavy (non-hydrogen) atoms. The van der Waals surface area contributed by atoms with Gasteiger partial charge in [-0.25, -0.2) is 5.10 Å². The highest BCUT2D eigenvalue weighted by Gasteiger charge is 2.14. The van der Waals surface area contributed by atoms with Crippen LogP contribution in [-0.2, 0) is 0 Å². The van der Waals surface area contributed by atoms with Crippen LogP contribution in [0.3, 0.4) is 0 Å². The minimum Gasteiger partial charge on any atom is -0.489 e. The maximum Gasteiger partial charge on any atom is 0.267 e. The van der Waals surface area contributed by atoms with Crippen molar-refractivity contribution in [2.75, 3.05) is 0 Å². The van der Waals surface area contributed by atoms with Crippen LogP contribution in [0.25, 0.3) is 0 Å². The molecular formula is C10H14N2O2. The lowest BCUT2D eigenvalue weighted by molar-refractivity contribution is 0.154. The molecule has 1 saturated carbocycles. The van der Waals surface area contributed by atoms with Crippen molar-refractivity contribution in [3.05, 3.63) is 22.6 Å². The van der Waals surface area contributed by atoms with Gasteiger partial charge < -0.3 is 4.74 Å². The first-order chi connectivity index (χ1) is 6.84. The highest BCUT2D eigenvalue weighted by atomic mass is 16.5. The van der Waals surface area contributed by atoms with Gasteiger partial charge in [-0.3, -0.25) is 4.79 Å². The Morgan fingerprint density at radius 2 is 2.14 bits per heavy atom. The Morgan fingerprint density at radius 3 is 2.86 bits per heavy atom. The first kappa shape index (κ1) is 9.24. The molecule has 1 aromatic heterocycles. The van der Waals surface area contributed by atoms with Crippen molar-refractivity contribution in [1.29, 1.82) is 0 Å². The van der Waals surface area contributed by atoms with Crippen LogP contribution in [0.4, 0.5) is 0 Å². The Balaban J connectivity index is 1.99. The van der Waals surface area contributed by atoms with E-state index in [9.17, 15) is 4.79 Å². The van der Waals surface area contributed by atoms with Crippen molar-refractivity contribution in [2.24, 2.45) is 0 Å². The Kier molecular flexibility index (Phi) is 2.81. The summed E-state index contributed by atoms with van der Waals surface area (Å²) in [5.74, 6) is 0.584. The summed E-state index contributed by atoms with van der Waals surface area (Å²) in [6.45, 7) is 0. The van der Waals surface area contributed by atoms with Crippen LogP contribution in [0.1, 0.15) is 32.1 Å². The number of hydrogen-bond acceptors (Lipinski definition) is 3. The van der Waals surface area contributed by atoms with Crippen molar-refractivity contribution < 1.29 is 4.74 Å². The zero-order valence-corrected chi connectivity index (χ0v) is 8.03. The van der Waals surface area contributed by atoms with Gasteiger partial charge in [0.2, 0.25) is 0 Å². The van der Waals surface area contributed by atoms with Crippen molar-refractivity contribution in [3.8, 4) is 5.75 Å². The lowest BCUT2D eigenvalue weighted by Gasteiger charge is -2.22. The monoisotopic (exact) mass is 194 g/mol. The number of rotatable bonds is 2. The fraction of sp³-hybridized carbons (Fsp3) is 0.600. The number of aromatic nitrogens is 2. The van der Waals surface area contributed by atoms with Crippen molar-refractivity contribution in [3.63, 3.8) is 0 Å². The molecule has 4 heteroatoms. The summed E-state index contributed by atoms with van der Waals surface area (Å²) in [5, 5.41) is 6.01. The van der Waals surface area contributed by atoms with Gasteiger partial charge in [-0.2, -0.15) is 5.10 Å². The second-order valence-electron chi connectivity index (χ2n) is 3.66. The fourth-order valence-electron chi connectivity index (χ4n) is 1.80. The van der Waals surface area contributed by atoms with Gasteiger partial charge in [0.15, 0.2) is 0 Å². The average Bonchev–Trinajstić information content (AvgIpc) is 2.19. The third-order valence-electron chi connectivity index (χ3n) is 2.49. The number of ether oxygens (including phenoxy) is 1. The summed E-state index contributed by atoms with van der Waals surface area (Å²) in [6.07, 6.45) is 7.75. The Bertz CT molecular complexity index is 342. The lowest BCUT2D eigenvalue weighted by Crippen LogP contribution is -2.20. The highest BCUT2D eigenvalue weighted by Crippen LogP contribution is 2.21. The molecule has 0 aromatic carbocycles. The van der Waals surface area contributed by atoms with Gasteiger partial charge >= 0.3 is 0 Å². The van der Waals surface area contributed by atoms with Gasteiger partial charge in [-0.1, -0.05) is 6.42 Å². The molecule has 1 aliphatic carbocycles. The van der Waals surface area contributed by atoms with Crippen molar-refractivity contribution >= 4 is 0 Å². The summed E-state index contributed by atoms with van der Waals surface area (Å²) in [6, 6.07) is 1.45. The summed E-state index contributed by atoms with van der Waals surface area (Å²) < 4.78 is 5.65. The number of nitrogens with zero attached hydrogens (tertiary/aromatic N) is 1. The lowest BCUT2D eigenvalue weighted by atomic mass is 9.98. The van der Waals surface area contributed by atoms with Crippen LogP contribution in [0.2, 0.25) is 0 Å². The molecule has 0 atom stereocenters. The Labute approximate surface area is 82.3 Å². The number of hydrogen-bond donors (Lipinski definition) is 1. The fourth-order valence-corrected chi connectivity index (χ4v) is 1.80. The molecule has 0 amide bonds. The van der Waals surface area contributed by atoms with Crippen LogP contribution in [0.15, 0.2) is 17.1 Å². The molecule has 0 saturated heterocycles. The van der Waals surface area contributed by atoms with Crippen molar-refractivity contribution in [1.82, 2.24) is 10.2 Å². The van der Waals surface area contributed by atoms with E-state index < -0.39 is 0 Å². The third-order valence-corrected chi connectivity index (χ3v) is 2.49. The van der Waals surface area contributed by atoms with Gasteiger partial charge in [0.25, 0.3) is 5.56 Å². The van der Waals surface area contributed by atoms with Crippen LogP contribution in [-0.4, -0.2) is 16.3 Å². The summed E-state index contributed by atoms with van der Waals surface area (Å²) in [4.78, 5) is 10.9. The minimum atomic E-state index is -0.210. The molecular weight excluding hydrogens is 180 g/mol. The van der Waals surface area contributed by atoms with Gasteiger partial charge in [-0.05, 0) is 25.7 Å². The summed E-state index contributed by atoms with van der Waals surface area (Å²) in [5.41, 5.74) is -0.210. The van der Waals surface area contributed by atoms with Gasteiger partial charge in [-0.15, -0.1) is 0 Å². The van der Waals surface area contributed by atoms with E-state index in [0.29, 0.717) is 5.75 Å². The highest BCUT2D eigenvalue weighted by molar-refractivity contribution is 5.13. The van der Waals surface area contributed by atoms with Crippen LogP contribution >= 0.6 is 0 Å². The molecule has 76 valence electrons. The molecule has 1 fully saturated rings. The molecule has 0 unspecified atom stereocenters. The van der Waals surface area contributed by atoms with Crippen LogP contribution in [0.5, 0.6) is 5.75 Å². The molecule has 0 bridgehead atoms. The van der Waals surface area contributed by atoms with E-state index >= 15 is 0 Å². The quantitative estimate of drug-likeness (QED) is 0.775. The normalized spacial score (nSPS) is 18.0. The number of H-pyrrole nitrogens is 1. The number of aromatic amines is 1. The van der Waals surface area contributed by atoms with Gasteiger partial charge in [0, 0.05) is 6.07 Å². The SMILES string of the molecule is O=c1cc(OC2CCCCC2)cn[nH]1. The first-order valence-corrected chi connectivity index (χ1v) is 5.06. The topological polar surface area (TPSA) is 55.0 Å². The molecule has 0 radical (unpaired) electrons. The van der Waals surface area contributed by atoms with Crippen LogP contribution < -0.4 is 10.3 Å². The second-order valence-corrected chi connectivity index (χ2v) is 3.66. The van der Waals surface area contributed by atoms with E-state index in [4.69, 9.17) is 4.74 Å². The first-order valence-electron chi connectivity index (χ1n) is 5.06. The maximum atomic E-state index is 10.9. The molecule has 1 N–H and O–H groups in total. The molecule has 1 aliphatic rings. The predicted octanol–water partition coefficient (Wildman–Crippen LogP) is 1.48. The van der Waals surface area contributed by atoms with Gasteiger partial charge in [0.05, 0.1) is 12.3 Å². The number of nitrogens with one attached hydrogen (secondary N) is 1.